The van der Waals surface area contributed by atoms with Gasteiger partial charge in [-0.15, -0.1) is 12.4 Å². The highest BCUT2D eigenvalue weighted by atomic mass is 35.5. The van der Waals surface area contributed by atoms with Crippen molar-refractivity contribution in [1.82, 2.24) is 18.8 Å². The number of amides is 1. The fourth-order valence-electron chi connectivity index (χ4n) is 3.69. The summed E-state index contributed by atoms with van der Waals surface area (Å²) in [4.78, 5) is 14.2. The average molecular weight is 381 g/mol. The molecule has 1 unspecified atom stereocenters. The molecule has 7 nitrogen and oxygen atoms in total. The van der Waals surface area contributed by atoms with E-state index in [-0.39, 0.29) is 24.4 Å². The fourth-order valence-corrected chi connectivity index (χ4v) is 5.36. The Balaban J connectivity index is 0.00000208. The Hall–Kier alpha value is -0.410. The molecular formula is C15H29ClN4O3S. The summed E-state index contributed by atoms with van der Waals surface area (Å²) in [5, 5.41) is 3.22. The van der Waals surface area contributed by atoms with Gasteiger partial charge < -0.3 is 10.2 Å². The highest BCUT2D eigenvalue weighted by molar-refractivity contribution is 7.86. The van der Waals surface area contributed by atoms with Crippen molar-refractivity contribution in [3.63, 3.8) is 0 Å². The predicted molar refractivity (Wildman–Crippen MR) is 95.4 cm³/mol. The standard InChI is InChI=1S/C15H28N4O3S.ClH/c20-15(14-6-5-7-16-14)17-10-12-19(13-11-17)23(21,22)18-8-3-1-2-4-9-18;/h14,16H,1-13H2;1H. The summed E-state index contributed by atoms with van der Waals surface area (Å²) < 4.78 is 28.7. The lowest BCUT2D eigenvalue weighted by Gasteiger charge is -2.37. The van der Waals surface area contributed by atoms with E-state index in [0.717, 1.165) is 45.1 Å². The molecule has 0 aromatic carbocycles. The Morgan fingerprint density at radius 2 is 1.42 bits per heavy atom. The van der Waals surface area contributed by atoms with Gasteiger partial charge in [0.25, 0.3) is 10.2 Å². The van der Waals surface area contributed by atoms with E-state index >= 15 is 0 Å². The van der Waals surface area contributed by atoms with Crippen molar-refractivity contribution in [3.05, 3.63) is 0 Å². The van der Waals surface area contributed by atoms with Crippen LogP contribution in [0, 0.1) is 0 Å². The molecule has 0 aliphatic carbocycles. The fraction of sp³-hybridized carbons (Fsp3) is 0.933. The van der Waals surface area contributed by atoms with E-state index in [1.165, 1.54) is 0 Å². The Kier molecular flexibility index (Phi) is 7.30. The van der Waals surface area contributed by atoms with E-state index in [1.807, 2.05) is 4.90 Å². The maximum atomic E-state index is 12.8. The molecule has 1 N–H and O–H groups in total. The molecule has 1 atom stereocenters. The largest absolute Gasteiger partial charge is 0.339 e. The van der Waals surface area contributed by atoms with Gasteiger partial charge in [-0.2, -0.15) is 17.0 Å². The van der Waals surface area contributed by atoms with Gasteiger partial charge >= 0.3 is 0 Å². The third-order valence-electron chi connectivity index (χ3n) is 5.13. The third-order valence-corrected chi connectivity index (χ3v) is 7.16. The van der Waals surface area contributed by atoms with Crippen molar-refractivity contribution in [2.24, 2.45) is 0 Å². The maximum absolute atomic E-state index is 12.8. The molecule has 3 aliphatic rings. The molecule has 3 saturated heterocycles. The van der Waals surface area contributed by atoms with Crippen molar-refractivity contribution >= 4 is 28.5 Å². The summed E-state index contributed by atoms with van der Waals surface area (Å²) in [6.45, 7) is 4.00. The van der Waals surface area contributed by atoms with Crippen LogP contribution in [-0.4, -0.2) is 79.7 Å². The molecule has 0 bridgehead atoms. The molecule has 3 fully saturated rings. The van der Waals surface area contributed by atoms with Crippen molar-refractivity contribution < 1.29 is 13.2 Å². The lowest BCUT2D eigenvalue weighted by molar-refractivity contribution is -0.134. The topological polar surface area (TPSA) is 73.0 Å². The minimum Gasteiger partial charge on any atom is -0.339 e. The van der Waals surface area contributed by atoms with E-state index in [4.69, 9.17) is 0 Å². The summed E-state index contributed by atoms with van der Waals surface area (Å²) in [7, 11) is -3.36. The van der Waals surface area contributed by atoms with Crippen molar-refractivity contribution in [2.75, 3.05) is 45.8 Å². The molecule has 24 heavy (non-hydrogen) atoms. The van der Waals surface area contributed by atoms with Crippen molar-refractivity contribution in [3.8, 4) is 0 Å². The first kappa shape index (κ1) is 19.9. The molecule has 0 saturated carbocycles. The number of piperazine rings is 1. The number of rotatable bonds is 3. The van der Waals surface area contributed by atoms with Crippen LogP contribution in [0.3, 0.4) is 0 Å². The lowest BCUT2D eigenvalue weighted by atomic mass is 10.2. The van der Waals surface area contributed by atoms with Gasteiger partial charge in [-0.3, -0.25) is 4.79 Å². The van der Waals surface area contributed by atoms with Crippen LogP contribution < -0.4 is 5.32 Å². The van der Waals surface area contributed by atoms with Crippen molar-refractivity contribution in [1.29, 1.82) is 0 Å². The van der Waals surface area contributed by atoms with E-state index < -0.39 is 10.2 Å². The Morgan fingerprint density at radius 1 is 0.833 bits per heavy atom. The van der Waals surface area contributed by atoms with Crippen LogP contribution in [0.25, 0.3) is 0 Å². The molecule has 3 aliphatic heterocycles. The van der Waals surface area contributed by atoms with Gasteiger partial charge in [0.2, 0.25) is 5.91 Å². The summed E-state index contributed by atoms with van der Waals surface area (Å²) in [6.07, 6.45) is 6.06. The maximum Gasteiger partial charge on any atom is 0.282 e. The number of carbonyl (C=O) groups excluding carboxylic acids is 1. The molecule has 140 valence electrons. The van der Waals surface area contributed by atoms with Gasteiger partial charge in [-0.25, -0.2) is 0 Å². The quantitative estimate of drug-likeness (QED) is 0.770. The summed E-state index contributed by atoms with van der Waals surface area (Å²) in [5.41, 5.74) is 0. The highest BCUT2D eigenvalue weighted by Crippen LogP contribution is 2.18. The van der Waals surface area contributed by atoms with Gasteiger partial charge in [0.1, 0.15) is 0 Å². The first-order valence-electron chi connectivity index (χ1n) is 8.86. The second kappa shape index (κ2) is 8.80. The number of hydrogen-bond donors (Lipinski definition) is 1. The minimum atomic E-state index is -3.36. The van der Waals surface area contributed by atoms with Crippen LogP contribution in [0.2, 0.25) is 0 Å². The van der Waals surface area contributed by atoms with Crippen LogP contribution in [0.1, 0.15) is 38.5 Å². The highest BCUT2D eigenvalue weighted by Gasteiger charge is 2.35. The minimum absolute atomic E-state index is 0. The monoisotopic (exact) mass is 380 g/mol. The van der Waals surface area contributed by atoms with Gasteiger partial charge in [0, 0.05) is 39.3 Å². The normalized spacial score (nSPS) is 27.5. The van der Waals surface area contributed by atoms with Crippen LogP contribution in [-0.2, 0) is 15.0 Å². The molecule has 1 amide bonds. The van der Waals surface area contributed by atoms with E-state index in [9.17, 15) is 13.2 Å². The number of nitrogens with zero attached hydrogens (tertiary/aromatic N) is 3. The first-order valence-corrected chi connectivity index (χ1v) is 10.3. The molecule has 0 aromatic heterocycles. The summed E-state index contributed by atoms with van der Waals surface area (Å²) >= 11 is 0. The molecule has 0 radical (unpaired) electrons. The lowest BCUT2D eigenvalue weighted by Crippen LogP contribution is -2.56. The van der Waals surface area contributed by atoms with Gasteiger partial charge in [-0.05, 0) is 32.2 Å². The first-order chi connectivity index (χ1) is 11.1. The zero-order valence-corrected chi connectivity index (χ0v) is 15.8. The molecule has 0 spiro atoms. The van der Waals surface area contributed by atoms with E-state index in [2.05, 4.69) is 5.32 Å². The number of halogens is 1. The number of nitrogens with one attached hydrogen (secondary N) is 1. The van der Waals surface area contributed by atoms with Gasteiger partial charge in [0.05, 0.1) is 6.04 Å². The molecular weight excluding hydrogens is 352 g/mol. The second-order valence-electron chi connectivity index (χ2n) is 6.69. The van der Waals surface area contributed by atoms with Crippen LogP contribution >= 0.6 is 12.4 Å². The number of carbonyl (C=O) groups is 1. The van der Waals surface area contributed by atoms with Crippen LogP contribution in [0.15, 0.2) is 0 Å². The molecule has 3 rings (SSSR count). The second-order valence-corrected chi connectivity index (χ2v) is 8.62. The van der Waals surface area contributed by atoms with E-state index in [1.54, 1.807) is 8.61 Å². The number of hydrogen-bond acceptors (Lipinski definition) is 4. The summed E-state index contributed by atoms with van der Waals surface area (Å²) in [6, 6.07) is -0.0660. The van der Waals surface area contributed by atoms with Gasteiger partial charge in [0.15, 0.2) is 0 Å². The smallest absolute Gasteiger partial charge is 0.282 e. The zero-order chi connectivity index (χ0) is 16.3. The van der Waals surface area contributed by atoms with E-state index in [0.29, 0.717) is 39.3 Å². The Morgan fingerprint density at radius 3 is 1.96 bits per heavy atom. The summed E-state index contributed by atoms with van der Waals surface area (Å²) in [5.74, 6) is 0.134. The van der Waals surface area contributed by atoms with Crippen LogP contribution in [0.4, 0.5) is 0 Å². The third kappa shape index (κ3) is 4.40. The van der Waals surface area contributed by atoms with Crippen molar-refractivity contribution in [2.45, 2.75) is 44.6 Å². The predicted octanol–water partition coefficient (Wildman–Crippen LogP) is 0.425. The van der Waals surface area contributed by atoms with Gasteiger partial charge in [-0.1, -0.05) is 12.8 Å². The zero-order valence-electron chi connectivity index (χ0n) is 14.2. The van der Waals surface area contributed by atoms with Crippen LogP contribution in [0.5, 0.6) is 0 Å². The average Bonchev–Trinajstić information content (AvgIpc) is 2.96. The molecule has 3 heterocycles. The molecule has 9 heteroatoms. The Bertz CT molecular complexity index is 509. The molecule has 0 aromatic rings. The SMILES string of the molecule is Cl.O=C(C1CCCN1)N1CCN(S(=O)(=O)N2CCCCCC2)CC1. The Labute approximate surface area is 151 Å².